The number of anilines is 1. The molecule has 0 fully saturated rings. The van der Waals surface area contributed by atoms with Gasteiger partial charge in [-0.25, -0.2) is 4.98 Å². The molecule has 2 N–H and O–H groups in total. The van der Waals surface area contributed by atoms with Crippen molar-refractivity contribution < 1.29 is 5.11 Å². The third-order valence-electron chi connectivity index (χ3n) is 2.01. The summed E-state index contributed by atoms with van der Waals surface area (Å²) in [5.74, 6) is 0.0399. The van der Waals surface area contributed by atoms with Crippen LogP contribution in [0.3, 0.4) is 0 Å². The summed E-state index contributed by atoms with van der Waals surface area (Å²) in [6.45, 7) is 0.609. The number of aromatic hydroxyl groups is 1. The fourth-order valence-corrected chi connectivity index (χ4v) is 2.93. The van der Waals surface area contributed by atoms with Crippen LogP contribution in [0.5, 0.6) is 5.75 Å². The van der Waals surface area contributed by atoms with Crippen molar-refractivity contribution in [3.63, 3.8) is 0 Å². The maximum Gasteiger partial charge on any atom is 0.183 e. The fourth-order valence-electron chi connectivity index (χ4n) is 1.22. The summed E-state index contributed by atoms with van der Waals surface area (Å²) in [5.41, 5.74) is 0.809. The van der Waals surface area contributed by atoms with E-state index in [1.165, 1.54) is 11.3 Å². The highest BCUT2D eigenvalue weighted by molar-refractivity contribution is 9.10. The zero-order valence-electron chi connectivity index (χ0n) is 8.38. The maximum atomic E-state index is 9.49. The predicted octanol–water partition coefficient (Wildman–Crippen LogP) is 4.53. The molecule has 0 amide bonds. The number of hydrogen-bond acceptors (Lipinski definition) is 4. The summed E-state index contributed by atoms with van der Waals surface area (Å²) in [7, 11) is 0. The number of benzene rings is 1. The van der Waals surface area contributed by atoms with Gasteiger partial charge in [-0.3, -0.25) is 0 Å². The lowest BCUT2D eigenvalue weighted by atomic mass is 10.3. The number of rotatable bonds is 3. The number of phenolic OH excluding ortho intramolecular Hbond substituents is 1. The first-order valence-electron chi connectivity index (χ1n) is 4.58. The van der Waals surface area contributed by atoms with E-state index in [0.29, 0.717) is 20.5 Å². The molecule has 0 atom stereocenters. The van der Waals surface area contributed by atoms with Gasteiger partial charge in [-0.05, 0) is 28.1 Å². The molecule has 17 heavy (non-hydrogen) atoms. The molecule has 1 aromatic carbocycles. The minimum atomic E-state index is 0.0399. The Labute approximate surface area is 121 Å². The summed E-state index contributed by atoms with van der Waals surface area (Å²) in [6.07, 6.45) is 1.72. The molecule has 90 valence electrons. The van der Waals surface area contributed by atoms with Gasteiger partial charge in [-0.1, -0.05) is 23.2 Å². The molecule has 0 aliphatic heterocycles. The largest absolute Gasteiger partial charge is 0.505 e. The lowest BCUT2D eigenvalue weighted by Crippen LogP contribution is -1.97. The molecular formula is C10H7BrCl2N2OS. The Morgan fingerprint density at radius 3 is 2.76 bits per heavy atom. The van der Waals surface area contributed by atoms with Gasteiger partial charge in [0.1, 0.15) is 5.75 Å². The SMILES string of the molecule is Oc1c(Cl)cc(NCc2cnc(Cl)s2)cc1Br. The normalized spacial score (nSPS) is 10.5. The summed E-state index contributed by atoms with van der Waals surface area (Å²) in [6, 6.07) is 3.41. The smallest absolute Gasteiger partial charge is 0.183 e. The molecule has 0 spiro atoms. The average Bonchev–Trinajstić information content (AvgIpc) is 2.69. The van der Waals surface area contributed by atoms with Gasteiger partial charge >= 0.3 is 0 Å². The molecule has 1 heterocycles. The predicted molar refractivity (Wildman–Crippen MR) is 75.3 cm³/mol. The Morgan fingerprint density at radius 2 is 2.18 bits per heavy atom. The van der Waals surface area contributed by atoms with Crippen LogP contribution < -0.4 is 5.32 Å². The molecule has 0 saturated heterocycles. The highest BCUT2D eigenvalue weighted by Gasteiger charge is 2.06. The topological polar surface area (TPSA) is 45.1 Å². The Bertz CT molecular complexity index is 524. The zero-order chi connectivity index (χ0) is 12.4. The van der Waals surface area contributed by atoms with Gasteiger partial charge in [0.05, 0.1) is 16.0 Å². The summed E-state index contributed by atoms with van der Waals surface area (Å²) < 4.78 is 1.07. The van der Waals surface area contributed by atoms with Gasteiger partial charge in [0.25, 0.3) is 0 Å². The quantitative estimate of drug-likeness (QED) is 0.797. The van der Waals surface area contributed by atoms with E-state index in [9.17, 15) is 5.11 Å². The Hall–Kier alpha value is -0.490. The van der Waals surface area contributed by atoms with Crippen LogP contribution in [0.25, 0.3) is 0 Å². The van der Waals surface area contributed by atoms with Crippen LogP contribution >= 0.6 is 50.5 Å². The second-order valence-electron chi connectivity index (χ2n) is 3.22. The van der Waals surface area contributed by atoms with E-state index in [1.54, 1.807) is 18.3 Å². The van der Waals surface area contributed by atoms with E-state index in [1.807, 2.05) is 0 Å². The Morgan fingerprint density at radius 1 is 1.41 bits per heavy atom. The van der Waals surface area contributed by atoms with E-state index < -0.39 is 0 Å². The number of thiazole rings is 1. The Kier molecular flexibility index (Phi) is 4.14. The first kappa shape index (κ1) is 13.0. The number of nitrogens with zero attached hydrogens (tertiary/aromatic N) is 1. The van der Waals surface area contributed by atoms with Crippen LogP contribution in [-0.4, -0.2) is 10.1 Å². The molecule has 0 aliphatic carbocycles. The molecule has 7 heteroatoms. The lowest BCUT2D eigenvalue weighted by molar-refractivity contribution is 0.472. The molecule has 3 nitrogen and oxygen atoms in total. The van der Waals surface area contributed by atoms with Crippen LogP contribution in [-0.2, 0) is 6.54 Å². The van der Waals surface area contributed by atoms with Crippen molar-refractivity contribution in [3.05, 3.63) is 37.2 Å². The molecule has 0 unspecified atom stereocenters. The van der Waals surface area contributed by atoms with Crippen molar-refractivity contribution in [1.29, 1.82) is 0 Å². The highest BCUT2D eigenvalue weighted by Crippen LogP contribution is 2.35. The number of phenols is 1. The summed E-state index contributed by atoms with van der Waals surface area (Å²) >= 11 is 16.2. The van der Waals surface area contributed by atoms with Crippen molar-refractivity contribution in [3.8, 4) is 5.75 Å². The van der Waals surface area contributed by atoms with Gasteiger partial charge < -0.3 is 10.4 Å². The van der Waals surface area contributed by atoms with Crippen molar-refractivity contribution >= 4 is 56.2 Å². The van der Waals surface area contributed by atoms with Gasteiger partial charge in [0.2, 0.25) is 0 Å². The highest BCUT2D eigenvalue weighted by atomic mass is 79.9. The number of aromatic nitrogens is 1. The van der Waals surface area contributed by atoms with Gasteiger partial charge in [-0.15, -0.1) is 11.3 Å². The zero-order valence-corrected chi connectivity index (χ0v) is 12.3. The summed E-state index contributed by atoms with van der Waals surface area (Å²) in [4.78, 5) is 4.97. The van der Waals surface area contributed by atoms with E-state index in [4.69, 9.17) is 23.2 Å². The minimum Gasteiger partial charge on any atom is -0.505 e. The minimum absolute atomic E-state index is 0.0399. The first-order valence-corrected chi connectivity index (χ1v) is 6.95. The maximum absolute atomic E-state index is 9.49. The molecular weight excluding hydrogens is 347 g/mol. The van der Waals surface area contributed by atoms with Gasteiger partial charge in [-0.2, -0.15) is 0 Å². The summed E-state index contributed by atoms with van der Waals surface area (Å²) in [5, 5.41) is 13.0. The molecule has 1 aromatic heterocycles. The number of halogens is 3. The second-order valence-corrected chi connectivity index (χ2v) is 6.18. The van der Waals surface area contributed by atoms with Crippen LogP contribution in [0.1, 0.15) is 4.88 Å². The lowest BCUT2D eigenvalue weighted by Gasteiger charge is -2.07. The Balaban J connectivity index is 2.09. The first-order chi connectivity index (χ1) is 8.06. The molecule has 0 aliphatic rings. The molecule has 0 bridgehead atoms. The standard InChI is InChI=1S/C10H7BrCl2N2OS/c11-7-1-5(2-8(12)9(7)16)14-3-6-4-15-10(13)17-6/h1-2,4,14,16H,3H2. The number of nitrogens with one attached hydrogen (secondary N) is 1. The molecule has 2 aromatic rings. The molecule has 0 saturated carbocycles. The van der Waals surface area contributed by atoms with Crippen molar-refractivity contribution in [1.82, 2.24) is 4.98 Å². The average molecular weight is 354 g/mol. The monoisotopic (exact) mass is 352 g/mol. The third-order valence-corrected chi connectivity index (χ3v) is 4.02. The third kappa shape index (κ3) is 3.25. The van der Waals surface area contributed by atoms with Crippen molar-refractivity contribution in [2.24, 2.45) is 0 Å². The van der Waals surface area contributed by atoms with Crippen LogP contribution in [0.4, 0.5) is 5.69 Å². The fraction of sp³-hybridized carbons (Fsp3) is 0.100. The van der Waals surface area contributed by atoms with Crippen molar-refractivity contribution in [2.45, 2.75) is 6.54 Å². The van der Waals surface area contributed by atoms with E-state index in [2.05, 4.69) is 26.2 Å². The van der Waals surface area contributed by atoms with Crippen LogP contribution in [0.15, 0.2) is 22.8 Å². The molecule has 2 rings (SSSR count). The second kappa shape index (κ2) is 5.44. The van der Waals surface area contributed by atoms with E-state index in [0.717, 1.165) is 10.6 Å². The van der Waals surface area contributed by atoms with Crippen LogP contribution in [0.2, 0.25) is 9.49 Å². The van der Waals surface area contributed by atoms with Gasteiger partial charge in [0.15, 0.2) is 4.47 Å². The van der Waals surface area contributed by atoms with E-state index >= 15 is 0 Å². The van der Waals surface area contributed by atoms with Crippen molar-refractivity contribution in [2.75, 3.05) is 5.32 Å². The molecule has 0 radical (unpaired) electrons. The van der Waals surface area contributed by atoms with Crippen LogP contribution in [0, 0.1) is 0 Å². The van der Waals surface area contributed by atoms with Gasteiger partial charge in [0, 0.05) is 16.8 Å². The van der Waals surface area contributed by atoms with E-state index in [-0.39, 0.29) is 5.75 Å². The number of hydrogen-bond donors (Lipinski definition) is 2.